The number of nitrogens with two attached hydrogens (primary N) is 1. The number of hydrogen-bond donors (Lipinski definition) is 1. The van der Waals surface area contributed by atoms with E-state index in [0.717, 1.165) is 11.9 Å². The van der Waals surface area contributed by atoms with E-state index < -0.39 is 11.6 Å². The highest BCUT2D eigenvalue weighted by Gasteiger charge is 2.18. The predicted molar refractivity (Wildman–Crippen MR) is 72.8 cm³/mol. The van der Waals surface area contributed by atoms with Crippen LogP contribution in [0.2, 0.25) is 0 Å². The summed E-state index contributed by atoms with van der Waals surface area (Å²) < 4.78 is 28.5. The molecule has 2 aromatic rings. The summed E-state index contributed by atoms with van der Waals surface area (Å²) in [7, 11) is 3.75. The van der Waals surface area contributed by atoms with Crippen LogP contribution in [-0.4, -0.2) is 28.0 Å². The van der Waals surface area contributed by atoms with Crippen LogP contribution in [0.5, 0.6) is 0 Å². The van der Waals surface area contributed by atoms with Crippen LogP contribution in [0.25, 0.3) is 0 Å². The lowest BCUT2D eigenvalue weighted by atomic mass is 10.1. The molecule has 20 heavy (non-hydrogen) atoms. The molecule has 0 aliphatic carbocycles. The molecular formula is C14H18F2N4. The molecule has 1 atom stereocenters. The van der Waals surface area contributed by atoms with Gasteiger partial charge in [-0.25, -0.2) is 13.8 Å². The summed E-state index contributed by atoms with van der Waals surface area (Å²) >= 11 is 0. The minimum absolute atomic E-state index is 0.267. The van der Waals surface area contributed by atoms with E-state index in [2.05, 4.69) is 4.98 Å². The first kappa shape index (κ1) is 14.6. The first-order valence-corrected chi connectivity index (χ1v) is 6.33. The van der Waals surface area contributed by atoms with Crippen LogP contribution in [0, 0.1) is 11.6 Å². The molecule has 0 aliphatic heterocycles. The molecule has 1 heterocycles. The molecule has 0 saturated carbocycles. The minimum Gasteiger partial charge on any atom is -0.337 e. The van der Waals surface area contributed by atoms with Gasteiger partial charge in [0.2, 0.25) is 0 Å². The van der Waals surface area contributed by atoms with Gasteiger partial charge in [-0.3, -0.25) is 4.90 Å². The van der Waals surface area contributed by atoms with Crippen LogP contribution in [0.4, 0.5) is 8.78 Å². The van der Waals surface area contributed by atoms with Crippen LogP contribution in [0.1, 0.15) is 17.4 Å². The fraction of sp³-hybridized carbons (Fsp3) is 0.357. The highest BCUT2D eigenvalue weighted by atomic mass is 19.1. The normalized spacial score (nSPS) is 12.9. The molecule has 0 fully saturated rings. The Hall–Kier alpha value is -1.79. The van der Waals surface area contributed by atoms with E-state index in [-0.39, 0.29) is 12.6 Å². The zero-order valence-corrected chi connectivity index (χ0v) is 11.6. The Labute approximate surface area is 116 Å². The molecule has 0 bridgehead atoms. The summed E-state index contributed by atoms with van der Waals surface area (Å²) in [5, 5.41) is 0. The smallest absolute Gasteiger partial charge is 0.126 e. The molecule has 4 nitrogen and oxygen atoms in total. The highest BCUT2D eigenvalue weighted by Crippen LogP contribution is 2.21. The standard InChI is InChI=1S/C14H18F2N4/c1-19-4-3-18-14(19)9-20(2)13(8-17)10-5-11(15)7-12(16)6-10/h3-7,13H,8-9,17H2,1-2H3. The summed E-state index contributed by atoms with van der Waals surface area (Å²) in [5.74, 6) is -0.324. The average Bonchev–Trinajstić information content (AvgIpc) is 2.74. The van der Waals surface area contributed by atoms with Gasteiger partial charge in [0.1, 0.15) is 17.5 Å². The van der Waals surface area contributed by atoms with Gasteiger partial charge in [0, 0.05) is 38.1 Å². The van der Waals surface area contributed by atoms with Crippen molar-refractivity contribution >= 4 is 0 Å². The highest BCUT2D eigenvalue weighted by molar-refractivity contribution is 5.22. The lowest BCUT2D eigenvalue weighted by Gasteiger charge is -2.27. The van der Waals surface area contributed by atoms with Crippen LogP contribution >= 0.6 is 0 Å². The summed E-state index contributed by atoms with van der Waals surface area (Å²) in [4.78, 5) is 6.16. The fourth-order valence-electron chi connectivity index (χ4n) is 2.22. The topological polar surface area (TPSA) is 47.1 Å². The van der Waals surface area contributed by atoms with Crippen LogP contribution in [0.3, 0.4) is 0 Å². The van der Waals surface area contributed by atoms with Crippen LogP contribution in [0.15, 0.2) is 30.6 Å². The lowest BCUT2D eigenvalue weighted by molar-refractivity contribution is 0.233. The monoisotopic (exact) mass is 280 g/mol. The Morgan fingerprint density at radius 3 is 2.45 bits per heavy atom. The molecule has 6 heteroatoms. The van der Waals surface area contributed by atoms with Crippen molar-refractivity contribution in [3.63, 3.8) is 0 Å². The number of aromatic nitrogens is 2. The van der Waals surface area contributed by atoms with E-state index in [1.54, 1.807) is 6.20 Å². The fourth-order valence-corrected chi connectivity index (χ4v) is 2.22. The maximum atomic E-state index is 13.3. The predicted octanol–water partition coefficient (Wildman–Crippen LogP) is 1.83. The third-order valence-corrected chi connectivity index (χ3v) is 3.34. The number of rotatable bonds is 5. The number of halogens is 2. The molecule has 0 saturated heterocycles. The van der Waals surface area contributed by atoms with Gasteiger partial charge >= 0.3 is 0 Å². The van der Waals surface area contributed by atoms with E-state index in [0.29, 0.717) is 12.1 Å². The molecule has 2 rings (SSSR count). The molecule has 1 aromatic carbocycles. The van der Waals surface area contributed by atoms with E-state index in [9.17, 15) is 8.78 Å². The van der Waals surface area contributed by atoms with Gasteiger partial charge in [-0.15, -0.1) is 0 Å². The Morgan fingerprint density at radius 1 is 1.30 bits per heavy atom. The molecule has 108 valence electrons. The van der Waals surface area contributed by atoms with Crippen molar-refractivity contribution in [1.29, 1.82) is 0 Å². The maximum absolute atomic E-state index is 13.3. The van der Waals surface area contributed by atoms with Crippen molar-refractivity contribution in [3.05, 3.63) is 53.6 Å². The Bertz CT molecular complexity index is 562. The summed E-state index contributed by atoms with van der Waals surface area (Å²) in [5.41, 5.74) is 6.29. The van der Waals surface area contributed by atoms with Crippen molar-refractivity contribution in [2.24, 2.45) is 12.8 Å². The number of hydrogen-bond acceptors (Lipinski definition) is 3. The molecular weight excluding hydrogens is 262 g/mol. The minimum atomic E-state index is -0.594. The second-order valence-corrected chi connectivity index (χ2v) is 4.82. The Kier molecular flexibility index (Phi) is 4.46. The van der Waals surface area contributed by atoms with Crippen molar-refractivity contribution < 1.29 is 8.78 Å². The first-order chi connectivity index (χ1) is 9.51. The zero-order valence-electron chi connectivity index (χ0n) is 11.6. The van der Waals surface area contributed by atoms with Crippen LogP contribution < -0.4 is 5.73 Å². The van der Waals surface area contributed by atoms with Gasteiger partial charge in [0.25, 0.3) is 0 Å². The van der Waals surface area contributed by atoms with Crippen molar-refractivity contribution in [2.75, 3.05) is 13.6 Å². The van der Waals surface area contributed by atoms with E-state index in [1.807, 2.05) is 29.8 Å². The molecule has 0 radical (unpaired) electrons. The van der Waals surface area contributed by atoms with Crippen LogP contribution in [-0.2, 0) is 13.6 Å². The molecule has 0 aliphatic rings. The number of benzene rings is 1. The quantitative estimate of drug-likeness (QED) is 0.909. The molecule has 0 amide bonds. The molecule has 1 aromatic heterocycles. The van der Waals surface area contributed by atoms with Crippen molar-refractivity contribution in [3.8, 4) is 0 Å². The number of imidazole rings is 1. The number of likely N-dealkylation sites (N-methyl/N-ethyl adjacent to an activating group) is 1. The second-order valence-electron chi connectivity index (χ2n) is 4.82. The summed E-state index contributed by atoms with van der Waals surface area (Å²) in [6.45, 7) is 0.813. The second kappa shape index (κ2) is 6.11. The third-order valence-electron chi connectivity index (χ3n) is 3.34. The van der Waals surface area contributed by atoms with E-state index >= 15 is 0 Å². The van der Waals surface area contributed by atoms with E-state index in [1.165, 1.54) is 12.1 Å². The van der Waals surface area contributed by atoms with Gasteiger partial charge < -0.3 is 10.3 Å². The summed E-state index contributed by atoms with van der Waals surface area (Å²) in [6.07, 6.45) is 3.56. The number of aryl methyl sites for hydroxylation is 1. The Balaban J connectivity index is 2.20. The van der Waals surface area contributed by atoms with Crippen molar-refractivity contribution in [1.82, 2.24) is 14.5 Å². The van der Waals surface area contributed by atoms with Gasteiger partial charge in [-0.05, 0) is 24.7 Å². The first-order valence-electron chi connectivity index (χ1n) is 6.33. The maximum Gasteiger partial charge on any atom is 0.126 e. The molecule has 2 N–H and O–H groups in total. The zero-order chi connectivity index (χ0) is 14.7. The Morgan fingerprint density at radius 2 is 1.95 bits per heavy atom. The van der Waals surface area contributed by atoms with Crippen molar-refractivity contribution in [2.45, 2.75) is 12.6 Å². The third kappa shape index (κ3) is 3.20. The van der Waals surface area contributed by atoms with Gasteiger partial charge in [-0.1, -0.05) is 0 Å². The average molecular weight is 280 g/mol. The molecule has 0 spiro atoms. The van der Waals surface area contributed by atoms with Gasteiger partial charge in [0.05, 0.1) is 6.54 Å². The summed E-state index contributed by atoms with van der Waals surface area (Å²) in [6, 6.07) is 3.22. The SMILES string of the molecule is CN(Cc1nccn1C)C(CN)c1cc(F)cc(F)c1. The number of nitrogens with zero attached hydrogens (tertiary/aromatic N) is 3. The van der Waals surface area contributed by atoms with E-state index in [4.69, 9.17) is 5.73 Å². The van der Waals surface area contributed by atoms with Gasteiger partial charge in [0.15, 0.2) is 0 Å². The van der Waals surface area contributed by atoms with Gasteiger partial charge in [-0.2, -0.15) is 0 Å². The largest absolute Gasteiger partial charge is 0.337 e. The molecule has 1 unspecified atom stereocenters. The lowest BCUT2D eigenvalue weighted by Crippen LogP contribution is -2.31.